The van der Waals surface area contributed by atoms with E-state index in [0.717, 1.165) is 22.6 Å². The normalized spacial score (nSPS) is 17.7. The van der Waals surface area contributed by atoms with Crippen molar-refractivity contribution in [3.05, 3.63) is 77.7 Å². The quantitative estimate of drug-likeness (QED) is 0.666. The van der Waals surface area contributed by atoms with E-state index in [1.54, 1.807) is 7.11 Å². The molecule has 0 bridgehead atoms. The first-order valence-corrected chi connectivity index (χ1v) is 9.86. The molecule has 0 radical (unpaired) electrons. The van der Waals surface area contributed by atoms with Gasteiger partial charge in [-0.05, 0) is 23.3 Å². The molecule has 4 rings (SSSR count). The van der Waals surface area contributed by atoms with Crippen molar-refractivity contribution in [3.8, 4) is 5.75 Å². The lowest BCUT2D eigenvalue weighted by Gasteiger charge is -2.22. The van der Waals surface area contributed by atoms with Crippen LogP contribution < -0.4 is 4.74 Å². The molecule has 0 saturated heterocycles. The number of carbonyl (C=O) groups is 2. The number of benzene rings is 2. The van der Waals surface area contributed by atoms with Crippen LogP contribution in [0.5, 0.6) is 5.75 Å². The second-order valence-electron chi connectivity index (χ2n) is 6.92. The van der Waals surface area contributed by atoms with Gasteiger partial charge in [-0.25, -0.2) is 9.80 Å². The van der Waals surface area contributed by atoms with Gasteiger partial charge < -0.3 is 18.9 Å². The second-order valence-corrected chi connectivity index (χ2v) is 6.92. The van der Waals surface area contributed by atoms with Gasteiger partial charge in [-0.15, -0.1) is 0 Å². The van der Waals surface area contributed by atoms with Crippen LogP contribution in [0.15, 0.2) is 71.7 Å². The van der Waals surface area contributed by atoms with Gasteiger partial charge in [0.25, 0.3) is 5.91 Å². The maximum atomic E-state index is 12.9. The fraction of sp³-hybridized carbons (Fsp3) is 0.261. The molecule has 2 aliphatic heterocycles. The molecule has 0 aromatic heterocycles. The van der Waals surface area contributed by atoms with E-state index in [1.165, 1.54) is 11.3 Å². The van der Waals surface area contributed by atoms with Crippen LogP contribution >= 0.6 is 0 Å². The molecule has 0 spiro atoms. The van der Waals surface area contributed by atoms with Crippen molar-refractivity contribution in [2.75, 3.05) is 26.9 Å². The molecule has 8 nitrogen and oxygen atoms in total. The van der Waals surface area contributed by atoms with E-state index in [4.69, 9.17) is 18.9 Å². The summed E-state index contributed by atoms with van der Waals surface area (Å²) in [4.78, 5) is 25.1. The fourth-order valence-electron chi connectivity index (χ4n) is 3.37. The highest BCUT2D eigenvalue weighted by molar-refractivity contribution is 6.03. The molecule has 2 aromatic carbocycles. The number of esters is 1. The van der Waals surface area contributed by atoms with Gasteiger partial charge in [0.1, 0.15) is 25.2 Å². The molecule has 8 heteroatoms. The number of ether oxygens (including phenoxy) is 4. The third-order valence-electron chi connectivity index (χ3n) is 4.95. The van der Waals surface area contributed by atoms with E-state index in [9.17, 15) is 9.59 Å². The molecule has 2 aliphatic rings. The zero-order valence-electron chi connectivity index (χ0n) is 17.0. The molecule has 2 heterocycles. The molecule has 0 N–H and O–H groups in total. The zero-order chi connectivity index (χ0) is 21.6. The number of carbonyl (C=O) groups excluding carboxylic acids is 2. The van der Waals surface area contributed by atoms with Gasteiger partial charge in [-0.1, -0.05) is 42.5 Å². The van der Waals surface area contributed by atoms with E-state index in [-0.39, 0.29) is 18.4 Å². The number of amides is 1. The topological polar surface area (TPSA) is 86.7 Å². The summed E-state index contributed by atoms with van der Waals surface area (Å²) in [5.41, 5.74) is 2.63. The number of hydrazone groups is 1. The lowest BCUT2D eigenvalue weighted by Crippen LogP contribution is -2.32. The van der Waals surface area contributed by atoms with E-state index in [0.29, 0.717) is 13.0 Å². The van der Waals surface area contributed by atoms with Crippen molar-refractivity contribution in [1.29, 1.82) is 0 Å². The Morgan fingerprint density at radius 1 is 1.10 bits per heavy atom. The van der Waals surface area contributed by atoms with Gasteiger partial charge in [0.2, 0.25) is 5.76 Å². The molecule has 0 aliphatic carbocycles. The Morgan fingerprint density at radius 2 is 1.87 bits per heavy atom. The molecular weight excluding hydrogens is 400 g/mol. The SMILES string of the molecule is COc1ccc(C2CC(c3ccccc3)=NN2C(=O)COC(=O)C2=COCCO2)cc1. The van der Waals surface area contributed by atoms with E-state index >= 15 is 0 Å². The van der Waals surface area contributed by atoms with Gasteiger partial charge in [-0.3, -0.25) is 4.79 Å². The Balaban J connectivity index is 1.52. The summed E-state index contributed by atoms with van der Waals surface area (Å²) in [5, 5.41) is 5.94. The van der Waals surface area contributed by atoms with Gasteiger partial charge in [-0.2, -0.15) is 5.10 Å². The second kappa shape index (κ2) is 9.34. The Bertz CT molecular complexity index is 1000. The Morgan fingerprint density at radius 3 is 2.55 bits per heavy atom. The van der Waals surface area contributed by atoms with Crippen molar-refractivity contribution >= 4 is 17.6 Å². The predicted octanol–water partition coefficient (Wildman–Crippen LogP) is 2.80. The summed E-state index contributed by atoms with van der Waals surface area (Å²) in [7, 11) is 1.60. The molecular formula is C23H22N2O6. The van der Waals surface area contributed by atoms with Crippen LogP contribution in [0, 0.1) is 0 Å². The number of hydrogen-bond acceptors (Lipinski definition) is 7. The van der Waals surface area contributed by atoms with E-state index < -0.39 is 18.5 Å². The Labute approximate surface area is 179 Å². The zero-order valence-corrected chi connectivity index (χ0v) is 17.0. The minimum Gasteiger partial charge on any atom is -0.497 e. The first kappa shape index (κ1) is 20.5. The van der Waals surface area contributed by atoms with E-state index in [2.05, 4.69) is 5.10 Å². The summed E-state index contributed by atoms with van der Waals surface area (Å²) in [6.45, 7) is 0.160. The third kappa shape index (κ3) is 4.69. The van der Waals surface area contributed by atoms with Crippen LogP contribution in [-0.4, -0.2) is 49.5 Å². The lowest BCUT2D eigenvalue weighted by molar-refractivity contribution is -0.153. The van der Waals surface area contributed by atoms with Crippen LogP contribution in [-0.2, 0) is 23.8 Å². The van der Waals surface area contributed by atoms with Crippen molar-refractivity contribution in [3.63, 3.8) is 0 Å². The van der Waals surface area contributed by atoms with Gasteiger partial charge in [0.15, 0.2) is 6.61 Å². The number of methoxy groups -OCH3 is 1. The monoisotopic (exact) mass is 422 g/mol. The van der Waals surface area contributed by atoms with Crippen LogP contribution in [0.2, 0.25) is 0 Å². The summed E-state index contributed by atoms with van der Waals surface area (Å²) in [6, 6.07) is 16.8. The number of nitrogens with zero attached hydrogens (tertiary/aromatic N) is 2. The van der Waals surface area contributed by atoms with Crippen LogP contribution in [0.25, 0.3) is 0 Å². The molecule has 1 atom stereocenters. The average Bonchev–Trinajstić information content (AvgIpc) is 3.29. The first-order valence-electron chi connectivity index (χ1n) is 9.86. The highest BCUT2D eigenvalue weighted by Gasteiger charge is 2.34. The molecule has 31 heavy (non-hydrogen) atoms. The lowest BCUT2D eigenvalue weighted by atomic mass is 9.98. The predicted molar refractivity (Wildman–Crippen MR) is 111 cm³/mol. The Kier molecular flexibility index (Phi) is 6.16. The average molecular weight is 422 g/mol. The Hall–Kier alpha value is -3.81. The van der Waals surface area contributed by atoms with Gasteiger partial charge in [0.05, 0.1) is 18.9 Å². The van der Waals surface area contributed by atoms with Crippen molar-refractivity contribution < 1.29 is 28.5 Å². The molecule has 1 unspecified atom stereocenters. The standard InChI is InChI=1S/C23H22N2O6/c1-28-18-9-7-17(8-10-18)20-13-19(16-5-3-2-4-6-16)24-25(20)22(26)15-31-23(27)21-14-29-11-12-30-21/h2-10,14,20H,11-13,15H2,1H3. The van der Waals surface area contributed by atoms with Crippen molar-refractivity contribution in [2.24, 2.45) is 5.10 Å². The summed E-state index contributed by atoms with van der Waals surface area (Å²) in [5.74, 6) is -0.515. The molecule has 1 amide bonds. The fourth-order valence-corrected chi connectivity index (χ4v) is 3.37. The van der Waals surface area contributed by atoms with Gasteiger partial charge in [0, 0.05) is 6.42 Å². The van der Waals surface area contributed by atoms with Crippen molar-refractivity contribution in [1.82, 2.24) is 5.01 Å². The van der Waals surface area contributed by atoms with Crippen LogP contribution in [0.1, 0.15) is 23.6 Å². The minimum absolute atomic E-state index is 0.0550. The molecule has 160 valence electrons. The van der Waals surface area contributed by atoms with Crippen LogP contribution in [0.3, 0.4) is 0 Å². The highest BCUT2D eigenvalue weighted by atomic mass is 16.6. The molecule has 0 saturated carbocycles. The number of rotatable bonds is 6. The maximum absolute atomic E-state index is 12.9. The first-order chi connectivity index (χ1) is 15.2. The minimum atomic E-state index is -0.750. The van der Waals surface area contributed by atoms with Crippen molar-refractivity contribution in [2.45, 2.75) is 12.5 Å². The smallest absolute Gasteiger partial charge is 0.377 e. The summed E-state index contributed by atoms with van der Waals surface area (Å²) < 4.78 is 20.6. The van der Waals surface area contributed by atoms with Gasteiger partial charge >= 0.3 is 5.97 Å². The largest absolute Gasteiger partial charge is 0.497 e. The summed E-state index contributed by atoms with van der Waals surface area (Å²) >= 11 is 0. The van der Waals surface area contributed by atoms with Crippen LogP contribution in [0.4, 0.5) is 0 Å². The third-order valence-corrected chi connectivity index (χ3v) is 4.95. The maximum Gasteiger partial charge on any atom is 0.377 e. The summed E-state index contributed by atoms with van der Waals surface area (Å²) in [6.07, 6.45) is 1.73. The van der Waals surface area contributed by atoms with E-state index in [1.807, 2.05) is 54.6 Å². The highest BCUT2D eigenvalue weighted by Crippen LogP contribution is 2.33. The number of hydrogen-bond donors (Lipinski definition) is 0. The molecule has 2 aromatic rings. The molecule has 0 fully saturated rings.